The van der Waals surface area contributed by atoms with Gasteiger partial charge in [-0.05, 0) is 30.3 Å². The molecule has 7 nitrogen and oxygen atoms in total. The van der Waals surface area contributed by atoms with E-state index in [9.17, 15) is 4.79 Å². The zero-order valence-corrected chi connectivity index (χ0v) is 11.2. The molecule has 98 valence electrons. The van der Waals surface area contributed by atoms with Crippen LogP contribution in [0.4, 0.5) is 0 Å². The molecule has 0 bridgehead atoms. The van der Waals surface area contributed by atoms with Gasteiger partial charge in [0.1, 0.15) is 10.3 Å². The number of nitrogens with one attached hydrogen (secondary N) is 1. The lowest BCUT2D eigenvalue weighted by atomic mass is 10.2. The normalized spacial score (nSPS) is 11.4. The lowest BCUT2D eigenvalue weighted by molar-refractivity contribution is 0.881. The topological polar surface area (TPSA) is 88.8 Å². The number of pyridine rings is 1. The first-order valence-corrected chi connectivity index (χ1v) is 6.70. The van der Waals surface area contributed by atoms with Gasteiger partial charge in [-0.15, -0.1) is 21.5 Å². The summed E-state index contributed by atoms with van der Waals surface area (Å²) >= 11 is 1.45. The van der Waals surface area contributed by atoms with E-state index in [1.54, 1.807) is 12.3 Å². The SMILES string of the molecule is Cc1cc2nc3ccc(-c4nn[nH]n4)cn3c(=O)c2s1. The maximum Gasteiger partial charge on any atom is 0.275 e. The van der Waals surface area contributed by atoms with Crippen LogP contribution < -0.4 is 5.56 Å². The Bertz CT molecular complexity index is 984. The van der Waals surface area contributed by atoms with Gasteiger partial charge in [0.2, 0.25) is 5.82 Å². The highest BCUT2D eigenvalue weighted by atomic mass is 32.1. The summed E-state index contributed by atoms with van der Waals surface area (Å²) in [6, 6.07) is 5.52. The monoisotopic (exact) mass is 284 g/mol. The molecule has 0 fully saturated rings. The third kappa shape index (κ3) is 1.55. The molecule has 0 aromatic carbocycles. The van der Waals surface area contributed by atoms with Crippen molar-refractivity contribution >= 4 is 27.2 Å². The highest BCUT2D eigenvalue weighted by Gasteiger charge is 2.10. The minimum absolute atomic E-state index is 0.0755. The average Bonchev–Trinajstić information content (AvgIpc) is 3.07. The molecule has 4 rings (SSSR count). The Morgan fingerprint density at radius 2 is 2.25 bits per heavy atom. The van der Waals surface area contributed by atoms with Gasteiger partial charge in [0.25, 0.3) is 5.56 Å². The van der Waals surface area contributed by atoms with E-state index in [1.165, 1.54) is 15.7 Å². The van der Waals surface area contributed by atoms with E-state index >= 15 is 0 Å². The Hall–Kier alpha value is -2.61. The molecule has 0 saturated heterocycles. The van der Waals surface area contributed by atoms with E-state index in [1.807, 2.05) is 19.1 Å². The predicted molar refractivity (Wildman–Crippen MR) is 74.8 cm³/mol. The van der Waals surface area contributed by atoms with Gasteiger partial charge < -0.3 is 0 Å². The molecule has 4 heterocycles. The Balaban J connectivity index is 2.09. The van der Waals surface area contributed by atoms with Crippen molar-refractivity contribution < 1.29 is 0 Å². The van der Waals surface area contributed by atoms with Gasteiger partial charge in [-0.25, -0.2) is 4.98 Å². The van der Waals surface area contributed by atoms with Crippen molar-refractivity contribution in [3.63, 3.8) is 0 Å². The van der Waals surface area contributed by atoms with E-state index in [0.717, 1.165) is 10.4 Å². The molecule has 20 heavy (non-hydrogen) atoms. The largest absolute Gasteiger partial charge is 0.275 e. The number of hydrogen-bond acceptors (Lipinski definition) is 6. The van der Waals surface area contributed by atoms with Crippen molar-refractivity contribution in [1.29, 1.82) is 0 Å². The Morgan fingerprint density at radius 3 is 3.05 bits per heavy atom. The lowest BCUT2D eigenvalue weighted by Crippen LogP contribution is -2.13. The number of thiophene rings is 1. The molecule has 0 radical (unpaired) electrons. The molecule has 4 aromatic rings. The summed E-state index contributed by atoms with van der Waals surface area (Å²) in [4.78, 5) is 18.1. The second-order valence-electron chi connectivity index (χ2n) is 4.37. The number of rotatable bonds is 1. The average molecular weight is 284 g/mol. The molecule has 0 aliphatic heterocycles. The van der Waals surface area contributed by atoms with Crippen LogP contribution in [0.2, 0.25) is 0 Å². The quantitative estimate of drug-likeness (QED) is 0.570. The fourth-order valence-electron chi connectivity index (χ4n) is 2.13. The van der Waals surface area contributed by atoms with Gasteiger partial charge >= 0.3 is 0 Å². The van der Waals surface area contributed by atoms with E-state index in [4.69, 9.17) is 0 Å². The third-order valence-corrected chi connectivity index (χ3v) is 4.04. The van der Waals surface area contributed by atoms with Gasteiger partial charge in [0.05, 0.1) is 5.52 Å². The van der Waals surface area contributed by atoms with Crippen LogP contribution in [0.3, 0.4) is 0 Å². The molecule has 0 aliphatic rings. The van der Waals surface area contributed by atoms with Crippen molar-refractivity contribution in [3.8, 4) is 11.4 Å². The summed E-state index contributed by atoms with van der Waals surface area (Å²) in [5.41, 5.74) is 1.98. The summed E-state index contributed by atoms with van der Waals surface area (Å²) in [5.74, 6) is 0.446. The predicted octanol–water partition coefficient (Wildman–Crippen LogP) is 1.40. The second-order valence-corrected chi connectivity index (χ2v) is 5.63. The highest BCUT2D eigenvalue weighted by molar-refractivity contribution is 7.18. The Morgan fingerprint density at radius 1 is 1.35 bits per heavy atom. The first-order valence-electron chi connectivity index (χ1n) is 5.89. The van der Waals surface area contributed by atoms with Gasteiger partial charge in [0.15, 0.2) is 0 Å². The van der Waals surface area contributed by atoms with E-state index in [-0.39, 0.29) is 5.56 Å². The van der Waals surface area contributed by atoms with Crippen molar-refractivity contribution in [1.82, 2.24) is 30.0 Å². The summed E-state index contributed by atoms with van der Waals surface area (Å²) < 4.78 is 2.18. The van der Waals surface area contributed by atoms with Gasteiger partial charge in [0, 0.05) is 16.6 Å². The van der Waals surface area contributed by atoms with E-state index < -0.39 is 0 Å². The molecule has 0 spiro atoms. The van der Waals surface area contributed by atoms with Crippen molar-refractivity contribution in [2.24, 2.45) is 0 Å². The number of hydrogen-bond donors (Lipinski definition) is 1. The van der Waals surface area contributed by atoms with Crippen LogP contribution in [0.1, 0.15) is 4.88 Å². The van der Waals surface area contributed by atoms with Crippen LogP contribution in [0.15, 0.2) is 29.2 Å². The molecular formula is C12H8N6OS. The minimum atomic E-state index is -0.0755. The van der Waals surface area contributed by atoms with Gasteiger partial charge in [-0.1, -0.05) is 0 Å². The van der Waals surface area contributed by atoms with E-state index in [2.05, 4.69) is 25.6 Å². The number of aromatic nitrogens is 6. The van der Waals surface area contributed by atoms with Gasteiger partial charge in [-0.3, -0.25) is 9.20 Å². The molecule has 0 aliphatic carbocycles. The van der Waals surface area contributed by atoms with Crippen LogP contribution in [0.25, 0.3) is 27.3 Å². The smallest absolute Gasteiger partial charge is 0.267 e. The third-order valence-electron chi connectivity index (χ3n) is 3.01. The van der Waals surface area contributed by atoms with Crippen LogP contribution in [-0.4, -0.2) is 30.0 Å². The number of H-pyrrole nitrogens is 1. The van der Waals surface area contributed by atoms with E-state index in [0.29, 0.717) is 21.7 Å². The molecule has 8 heteroatoms. The fourth-order valence-corrected chi connectivity index (χ4v) is 3.02. The summed E-state index contributed by atoms with van der Waals surface area (Å²) in [5, 5.41) is 13.7. The van der Waals surface area contributed by atoms with Crippen molar-refractivity contribution in [2.45, 2.75) is 6.92 Å². The van der Waals surface area contributed by atoms with Gasteiger partial charge in [-0.2, -0.15) is 5.21 Å². The molecule has 0 amide bonds. The number of tetrazole rings is 1. The van der Waals surface area contributed by atoms with Crippen LogP contribution >= 0.6 is 11.3 Å². The fraction of sp³-hybridized carbons (Fsp3) is 0.0833. The summed E-state index contributed by atoms with van der Waals surface area (Å²) in [6.07, 6.45) is 1.68. The summed E-state index contributed by atoms with van der Waals surface area (Å²) in [7, 11) is 0. The first-order chi connectivity index (χ1) is 9.72. The number of nitrogens with zero attached hydrogens (tertiary/aromatic N) is 5. The lowest BCUT2D eigenvalue weighted by Gasteiger charge is -2.02. The molecule has 4 aromatic heterocycles. The molecular weight excluding hydrogens is 276 g/mol. The Kier molecular flexibility index (Phi) is 2.21. The first kappa shape index (κ1) is 11.2. The zero-order chi connectivity index (χ0) is 13.7. The molecule has 1 N–H and O–H groups in total. The van der Waals surface area contributed by atoms with Crippen molar-refractivity contribution in [2.75, 3.05) is 0 Å². The molecule has 0 atom stereocenters. The Labute approximate surface area is 115 Å². The number of aromatic amines is 1. The highest BCUT2D eigenvalue weighted by Crippen LogP contribution is 2.21. The summed E-state index contributed by atoms with van der Waals surface area (Å²) in [6.45, 7) is 1.96. The van der Waals surface area contributed by atoms with Crippen LogP contribution in [0.5, 0.6) is 0 Å². The maximum atomic E-state index is 12.5. The van der Waals surface area contributed by atoms with Crippen LogP contribution in [0, 0.1) is 6.92 Å². The minimum Gasteiger partial charge on any atom is -0.267 e. The zero-order valence-electron chi connectivity index (χ0n) is 10.4. The molecule has 0 saturated carbocycles. The molecule has 0 unspecified atom stereocenters. The second kappa shape index (κ2) is 3.94. The number of fused-ring (bicyclic) bond motifs is 2. The standard InChI is InChI=1S/C12H8N6OS/c1-6-4-8-10(20-6)12(19)18-5-7(2-3-9(18)13-8)11-14-16-17-15-11/h2-5H,1H3,(H,14,15,16,17). The maximum absolute atomic E-state index is 12.5. The number of aryl methyl sites for hydroxylation is 1. The van der Waals surface area contributed by atoms with Crippen LogP contribution in [-0.2, 0) is 0 Å². The van der Waals surface area contributed by atoms with Crippen molar-refractivity contribution in [3.05, 3.63) is 39.6 Å².